The molecule has 2 rings (SSSR count). The molecular weight excluding hydrogens is 270 g/mol. The topological polar surface area (TPSA) is 73.8 Å². The number of aliphatic hydroxyl groups is 1. The Morgan fingerprint density at radius 2 is 1.95 bits per heavy atom. The fourth-order valence-electron chi connectivity index (χ4n) is 2.62. The van der Waals surface area contributed by atoms with Gasteiger partial charge in [-0.2, -0.15) is 0 Å². The van der Waals surface area contributed by atoms with Crippen LogP contribution < -0.4 is 15.0 Å². The Bertz CT molecular complexity index is 467. The second-order valence-electron chi connectivity index (χ2n) is 5.90. The maximum atomic E-state index is 9.90. The molecule has 0 atom stereocenters. The van der Waals surface area contributed by atoms with Crippen LogP contribution in [0.4, 0.5) is 11.6 Å². The first-order chi connectivity index (χ1) is 9.94. The van der Waals surface area contributed by atoms with Gasteiger partial charge in [0, 0.05) is 39.8 Å². The number of aromatic nitrogens is 2. The molecule has 2 N–H and O–H groups in total. The van der Waals surface area contributed by atoms with E-state index in [4.69, 9.17) is 4.74 Å². The van der Waals surface area contributed by atoms with Crippen molar-refractivity contribution in [2.75, 3.05) is 57.1 Å². The molecule has 0 bridgehead atoms. The minimum absolute atomic E-state index is 0.659. The standard InChI is InChI=1S/C14H25N5O2/c1-14(2,20)9-18-5-7-19(8-6-18)13-11(21-4)12(15-3)16-10-17-13/h10,20H,5-9H2,1-4H3,(H,15,16,17). The van der Waals surface area contributed by atoms with Crippen molar-refractivity contribution in [1.82, 2.24) is 14.9 Å². The van der Waals surface area contributed by atoms with Gasteiger partial charge in [0.25, 0.3) is 0 Å². The van der Waals surface area contributed by atoms with E-state index < -0.39 is 5.60 Å². The lowest BCUT2D eigenvalue weighted by Crippen LogP contribution is -2.50. The summed E-state index contributed by atoms with van der Waals surface area (Å²) in [6.07, 6.45) is 1.55. The van der Waals surface area contributed by atoms with Gasteiger partial charge in [0.05, 0.1) is 12.7 Å². The fraction of sp³-hybridized carbons (Fsp3) is 0.714. The molecule has 1 aliphatic heterocycles. The summed E-state index contributed by atoms with van der Waals surface area (Å²) in [5, 5.41) is 12.9. The molecule has 2 heterocycles. The van der Waals surface area contributed by atoms with E-state index in [1.807, 2.05) is 20.9 Å². The molecule has 1 fully saturated rings. The van der Waals surface area contributed by atoms with Crippen LogP contribution in [0, 0.1) is 0 Å². The summed E-state index contributed by atoms with van der Waals surface area (Å²) < 4.78 is 5.45. The Balaban J connectivity index is 2.06. The Kier molecular flexibility index (Phi) is 4.84. The zero-order chi connectivity index (χ0) is 15.5. The Morgan fingerprint density at radius 1 is 1.29 bits per heavy atom. The van der Waals surface area contributed by atoms with Gasteiger partial charge in [0.1, 0.15) is 6.33 Å². The zero-order valence-electron chi connectivity index (χ0n) is 13.3. The van der Waals surface area contributed by atoms with E-state index in [-0.39, 0.29) is 0 Å². The molecule has 1 aliphatic rings. The van der Waals surface area contributed by atoms with E-state index in [1.54, 1.807) is 13.4 Å². The van der Waals surface area contributed by atoms with Crippen molar-refractivity contribution < 1.29 is 9.84 Å². The summed E-state index contributed by atoms with van der Waals surface area (Å²) in [6.45, 7) is 7.86. The van der Waals surface area contributed by atoms with Crippen molar-refractivity contribution in [3.05, 3.63) is 6.33 Å². The van der Waals surface area contributed by atoms with Gasteiger partial charge in [-0.1, -0.05) is 0 Å². The molecule has 1 aromatic rings. The molecule has 0 aliphatic carbocycles. The SMILES string of the molecule is CNc1ncnc(N2CCN(CC(C)(C)O)CC2)c1OC. The van der Waals surface area contributed by atoms with Gasteiger partial charge >= 0.3 is 0 Å². The van der Waals surface area contributed by atoms with Crippen molar-refractivity contribution in [2.24, 2.45) is 0 Å². The van der Waals surface area contributed by atoms with Gasteiger partial charge in [0.2, 0.25) is 5.75 Å². The maximum Gasteiger partial charge on any atom is 0.204 e. The summed E-state index contributed by atoms with van der Waals surface area (Å²) in [6, 6.07) is 0. The number of nitrogens with one attached hydrogen (secondary N) is 1. The van der Waals surface area contributed by atoms with Crippen LogP contribution in [0.5, 0.6) is 5.75 Å². The number of ether oxygens (including phenoxy) is 1. The summed E-state index contributed by atoms with van der Waals surface area (Å²) in [5.74, 6) is 2.19. The fourth-order valence-corrected chi connectivity index (χ4v) is 2.62. The Labute approximate surface area is 125 Å². The molecule has 7 nitrogen and oxygen atoms in total. The smallest absolute Gasteiger partial charge is 0.204 e. The summed E-state index contributed by atoms with van der Waals surface area (Å²) >= 11 is 0. The van der Waals surface area contributed by atoms with Gasteiger partial charge in [-0.05, 0) is 13.8 Å². The molecule has 0 radical (unpaired) electrons. The molecule has 0 amide bonds. The van der Waals surface area contributed by atoms with Crippen LogP contribution in [0.15, 0.2) is 6.33 Å². The molecular formula is C14H25N5O2. The van der Waals surface area contributed by atoms with Gasteiger partial charge < -0.3 is 20.1 Å². The molecule has 0 unspecified atom stereocenters. The second kappa shape index (κ2) is 6.44. The third-order valence-corrected chi connectivity index (χ3v) is 3.51. The van der Waals surface area contributed by atoms with Crippen molar-refractivity contribution in [3.8, 4) is 5.75 Å². The Hall–Kier alpha value is -1.60. The number of hydrogen-bond acceptors (Lipinski definition) is 7. The average Bonchev–Trinajstić information content (AvgIpc) is 2.45. The number of methoxy groups -OCH3 is 1. The first-order valence-corrected chi connectivity index (χ1v) is 7.21. The van der Waals surface area contributed by atoms with Crippen LogP contribution in [0.2, 0.25) is 0 Å². The molecule has 21 heavy (non-hydrogen) atoms. The van der Waals surface area contributed by atoms with Gasteiger partial charge in [-0.15, -0.1) is 0 Å². The van der Waals surface area contributed by atoms with Crippen molar-refractivity contribution in [2.45, 2.75) is 19.4 Å². The molecule has 0 spiro atoms. The van der Waals surface area contributed by atoms with E-state index in [2.05, 4.69) is 25.1 Å². The van der Waals surface area contributed by atoms with Crippen LogP contribution in [0.1, 0.15) is 13.8 Å². The van der Waals surface area contributed by atoms with Gasteiger partial charge in [0.15, 0.2) is 11.6 Å². The second-order valence-corrected chi connectivity index (χ2v) is 5.90. The molecule has 0 saturated carbocycles. The highest BCUT2D eigenvalue weighted by atomic mass is 16.5. The van der Waals surface area contributed by atoms with Crippen LogP contribution in [0.3, 0.4) is 0 Å². The largest absolute Gasteiger partial charge is 0.490 e. The highest BCUT2D eigenvalue weighted by molar-refractivity contribution is 5.64. The van der Waals surface area contributed by atoms with Crippen molar-refractivity contribution >= 4 is 11.6 Å². The normalized spacial score (nSPS) is 16.9. The monoisotopic (exact) mass is 295 g/mol. The third kappa shape index (κ3) is 3.95. The molecule has 0 aromatic carbocycles. The third-order valence-electron chi connectivity index (χ3n) is 3.51. The number of anilines is 2. The van der Waals surface area contributed by atoms with E-state index in [0.29, 0.717) is 18.1 Å². The zero-order valence-corrected chi connectivity index (χ0v) is 13.3. The summed E-state index contributed by atoms with van der Waals surface area (Å²) in [7, 11) is 3.45. The highest BCUT2D eigenvalue weighted by Gasteiger charge is 2.25. The lowest BCUT2D eigenvalue weighted by atomic mass is 10.1. The molecule has 118 valence electrons. The lowest BCUT2D eigenvalue weighted by molar-refractivity contribution is 0.0344. The number of nitrogens with zero attached hydrogens (tertiary/aromatic N) is 4. The minimum Gasteiger partial charge on any atom is -0.490 e. The Morgan fingerprint density at radius 3 is 2.48 bits per heavy atom. The summed E-state index contributed by atoms with van der Waals surface area (Å²) in [4.78, 5) is 13.0. The van der Waals surface area contributed by atoms with Crippen molar-refractivity contribution in [1.29, 1.82) is 0 Å². The first-order valence-electron chi connectivity index (χ1n) is 7.21. The number of β-amino-alcohol motifs (C(OH)–C–C–N with tert-alkyl or cyclic N) is 1. The highest BCUT2D eigenvalue weighted by Crippen LogP contribution is 2.32. The first kappa shape index (κ1) is 15.8. The summed E-state index contributed by atoms with van der Waals surface area (Å²) in [5.41, 5.74) is -0.659. The minimum atomic E-state index is -0.659. The predicted molar refractivity (Wildman–Crippen MR) is 83.1 cm³/mol. The molecule has 7 heteroatoms. The molecule has 1 aromatic heterocycles. The van der Waals surface area contributed by atoms with Gasteiger partial charge in [-0.3, -0.25) is 4.90 Å². The van der Waals surface area contributed by atoms with Gasteiger partial charge in [-0.25, -0.2) is 9.97 Å². The molecule has 1 saturated heterocycles. The lowest BCUT2D eigenvalue weighted by Gasteiger charge is -2.38. The number of rotatable bonds is 5. The quantitative estimate of drug-likeness (QED) is 0.815. The number of hydrogen-bond donors (Lipinski definition) is 2. The number of piperazine rings is 1. The van der Waals surface area contributed by atoms with E-state index >= 15 is 0 Å². The average molecular weight is 295 g/mol. The van der Waals surface area contributed by atoms with Crippen LogP contribution in [-0.2, 0) is 0 Å². The maximum absolute atomic E-state index is 9.90. The predicted octanol–water partition coefficient (Wildman–Crippen LogP) is 0.420. The van der Waals surface area contributed by atoms with Crippen LogP contribution in [-0.4, -0.2) is 72.5 Å². The van der Waals surface area contributed by atoms with Crippen LogP contribution >= 0.6 is 0 Å². The van der Waals surface area contributed by atoms with E-state index in [1.165, 1.54) is 0 Å². The van der Waals surface area contributed by atoms with E-state index in [0.717, 1.165) is 32.0 Å². The van der Waals surface area contributed by atoms with Crippen molar-refractivity contribution in [3.63, 3.8) is 0 Å². The van der Waals surface area contributed by atoms with Crippen LogP contribution in [0.25, 0.3) is 0 Å². The van der Waals surface area contributed by atoms with E-state index in [9.17, 15) is 5.11 Å².